The highest BCUT2D eigenvalue weighted by Crippen LogP contribution is 2.52. The van der Waals surface area contributed by atoms with Crippen LogP contribution < -0.4 is 0 Å². The van der Waals surface area contributed by atoms with E-state index in [4.69, 9.17) is 0 Å². The van der Waals surface area contributed by atoms with Gasteiger partial charge in [0.25, 0.3) is 0 Å². The summed E-state index contributed by atoms with van der Waals surface area (Å²) in [5.74, 6) is 0.261. The molecule has 4 rings (SSSR count). The molecule has 0 spiro atoms. The van der Waals surface area contributed by atoms with Crippen molar-refractivity contribution < 1.29 is 9.59 Å². The van der Waals surface area contributed by atoms with Gasteiger partial charge in [0, 0.05) is 51.1 Å². The van der Waals surface area contributed by atoms with Gasteiger partial charge in [0.2, 0.25) is 11.8 Å². The fourth-order valence-electron chi connectivity index (χ4n) is 5.53. The number of imide groups is 1. The van der Waals surface area contributed by atoms with Crippen molar-refractivity contribution in [2.45, 2.75) is 46.1 Å². The lowest BCUT2D eigenvalue weighted by molar-refractivity contribution is -0.160. The first kappa shape index (κ1) is 20.5. The number of carbonyl (C=O) groups excluding carboxylic acids is 2. The molecular formula is C24H35N3O2. The summed E-state index contributed by atoms with van der Waals surface area (Å²) >= 11 is 0. The highest BCUT2D eigenvalue weighted by Gasteiger charge is 2.56. The maximum absolute atomic E-state index is 12.8. The van der Waals surface area contributed by atoms with Crippen LogP contribution in [0.15, 0.2) is 30.3 Å². The minimum atomic E-state index is -0.149. The van der Waals surface area contributed by atoms with Crippen LogP contribution in [-0.2, 0) is 16.1 Å². The molecule has 158 valence electrons. The number of hydrogen-bond acceptors (Lipinski definition) is 4. The van der Waals surface area contributed by atoms with Gasteiger partial charge in [-0.3, -0.25) is 19.4 Å². The second-order valence-electron chi connectivity index (χ2n) is 9.64. The third kappa shape index (κ3) is 4.26. The SMILES string of the molecule is CC1(C)C2CCC1C(=O)N(CCCCN1CCN(Cc3ccccc3)CC1)C2=O. The zero-order chi connectivity index (χ0) is 20.4. The van der Waals surface area contributed by atoms with Crippen molar-refractivity contribution in [2.24, 2.45) is 17.3 Å². The fourth-order valence-corrected chi connectivity index (χ4v) is 5.53. The Hall–Kier alpha value is -1.72. The van der Waals surface area contributed by atoms with E-state index < -0.39 is 0 Å². The molecule has 1 aromatic carbocycles. The molecule has 2 bridgehead atoms. The van der Waals surface area contributed by atoms with Crippen LogP contribution >= 0.6 is 0 Å². The van der Waals surface area contributed by atoms with E-state index in [9.17, 15) is 9.59 Å². The third-order valence-electron chi connectivity index (χ3n) is 7.49. The normalized spacial score (nSPS) is 27.6. The molecule has 1 aliphatic carbocycles. The number of amides is 2. The van der Waals surface area contributed by atoms with Gasteiger partial charge in [0.05, 0.1) is 0 Å². The molecule has 2 atom stereocenters. The van der Waals surface area contributed by atoms with E-state index in [1.165, 1.54) is 5.56 Å². The largest absolute Gasteiger partial charge is 0.301 e. The lowest BCUT2D eigenvalue weighted by Crippen LogP contribution is -2.54. The van der Waals surface area contributed by atoms with Crippen molar-refractivity contribution in [3.63, 3.8) is 0 Å². The van der Waals surface area contributed by atoms with E-state index in [1.54, 1.807) is 4.90 Å². The molecule has 2 saturated heterocycles. The summed E-state index contributed by atoms with van der Waals surface area (Å²) in [5.41, 5.74) is 1.23. The van der Waals surface area contributed by atoms with E-state index in [0.717, 1.165) is 65.0 Å². The van der Waals surface area contributed by atoms with Crippen molar-refractivity contribution >= 4 is 11.8 Å². The predicted octanol–water partition coefficient (Wildman–Crippen LogP) is 3.01. The molecule has 3 fully saturated rings. The minimum absolute atomic E-state index is 0.0443. The minimum Gasteiger partial charge on any atom is -0.301 e. The number of fused-ring (bicyclic) bond motifs is 2. The number of unbranched alkanes of at least 4 members (excludes halogenated alkanes) is 1. The first-order valence-corrected chi connectivity index (χ1v) is 11.3. The van der Waals surface area contributed by atoms with Gasteiger partial charge in [-0.2, -0.15) is 0 Å². The van der Waals surface area contributed by atoms with Crippen molar-refractivity contribution in [1.82, 2.24) is 14.7 Å². The Bertz CT molecular complexity index is 699. The number of likely N-dealkylation sites (tertiary alicyclic amines) is 1. The fraction of sp³-hybridized carbons (Fsp3) is 0.667. The lowest BCUT2D eigenvalue weighted by atomic mass is 9.71. The first-order chi connectivity index (χ1) is 14.0. The molecule has 5 nitrogen and oxygen atoms in total. The molecule has 29 heavy (non-hydrogen) atoms. The molecule has 5 heteroatoms. The molecule has 2 heterocycles. The van der Waals surface area contributed by atoms with Gasteiger partial charge in [0.15, 0.2) is 0 Å². The van der Waals surface area contributed by atoms with E-state index in [2.05, 4.69) is 54.0 Å². The van der Waals surface area contributed by atoms with Crippen molar-refractivity contribution in [3.8, 4) is 0 Å². The lowest BCUT2D eigenvalue weighted by Gasteiger charge is -2.41. The van der Waals surface area contributed by atoms with Gasteiger partial charge in [-0.15, -0.1) is 0 Å². The van der Waals surface area contributed by atoms with Crippen LogP contribution in [0.2, 0.25) is 0 Å². The Balaban J connectivity index is 1.16. The topological polar surface area (TPSA) is 43.9 Å². The second-order valence-corrected chi connectivity index (χ2v) is 9.64. The Kier molecular flexibility index (Phi) is 6.07. The van der Waals surface area contributed by atoms with E-state index in [-0.39, 0.29) is 29.1 Å². The molecule has 1 aromatic rings. The molecule has 0 radical (unpaired) electrons. The molecule has 2 aliphatic heterocycles. The Morgan fingerprint density at radius 1 is 0.828 bits per heavy atom. The predicted molar refractivity (Wildman–Crippen MR) is 114 cm³/mol. The average Bonchev–Trinajstić information content (AvgIpc) is 2.96. The molecule has 0 N–H and O–H groups in total. The summed E-state index contributed by atoms with van der Waals surface area (Å²) in [6.45, 7) is 11.3. The number of rotatable bonds is 7. The summed E-state index contributed by atoms with van der Waals surface area (Å²) in [5, 5.41) is 0. The Morgan fingerprint density at radius 3 is 2.00 bits per heavy atom. The first-order valence-electron chi connectivity index (χ1n) is 11.3. The average molecular weight is 398 g/mol. The number of piperazine rings is 1. The van der Waals surface area contributed by atoms with Crippen LogP contribution in [0.3, 0.4) is 0 Å². The third-order valence-corrected chi connectivity index (χ3v) is 7.49. The summed E-state index contributed by atoms with van der Waals surface area (Å²) < 4.78 is 0. The van der Waals surface area contributed by atoms with E-state index >= 15 is 0 Å². The van der Waals surface area contributed by atoms with Crippen LogP contribution in [0.5, 0.6) is 0 Å². The number of piperidine rings is 1. The summed E-state index contributed by atoms with van der Waals surface area (Å²) in [6, 6.07) is 10.7. The van der Waals surface area contributed by atoms with Crippen LogP contribution in [0.25, 0.3) is 0 Å². The standard InChI is InChI=1S/C24H35N3O2/c1-24(2)20-10-11-21(24)23(29)27(22(20)28)13-7-6-12-25-14-16-26(17-15-25)18-19-8-4-3-5-9-19/h3-5,8-9,20-21H,6-7,10-18H2,1-2H3. The summed E-state index contributed by atoms with van der Waals surface area (Å²) in [7, 11) is 0. The molecular weight excluding hydrogens is 362 g/mol. The van der Waals surface area contributed by atoms with Gasteiger partial charge >= 0.3 is 0 Å². The van der Waals surface area contributed by atoms with Crippen LogP contribution in [0.4, 0.5) is 0 Å². The monoisotopic (exact) mass is 397 g/mol. The van der Waals surface area contributed by atoms with Crippen molar-refractivity contribution in [1.29, 1.82) is 0 Å². The zero-order valence-corrected chi connectivity index (χ0v) is 18.0. The van der Waals surface area contributed by atoms with Gasteiger partial charge in [-0.1, -0.05) is 44.2 Å². The summed E-state index contributed by atoms with van der Waals surface area (Å²) in [6.07, 6.45) is 3.73. The van der Waals surface area contributed by atoms with Gasteiger partial charge < -0.3 is 4.90 Å². The van der Waals surface area contributed by atoms with Crippen LogP contribution in [0, 0.1) is 17.3 Å². The van der Waals surface area contributed by atoms with Crippen LogP contribution in [-0.4, -0.2) is 65.8 Å². The molecule has 2 unspecified atom stereocenters. The maximum atomic E-state index is 12.8. The Morgan fingerprint density at radius 2 is 1.38 bits per heavy atom. The highest BCUT2D eigenvalue weighted by molar-refractivity contribution is 6.01. The number of carbonyl (C=O) groups is 2. The van der Waals surface area contributed by atoms with E-state index in [0.29, 0.717) is 6.54 Å². The number of benzene rings is 1. The maximum Gasteiger partial charge on any atom is 0.232 e. The van der Waals surface area contributed by atoms with Gasteiger partial charge in [0.1, 0.15) is 0 Å². The Labute approximate surface area is 175 Å². The number of nitrogens with zero attached hydrogens (tertiary/aromatic N) is 3. The smallest absolute Gasteiger partial charge is 0.232 e. The molecule has 1 saturated carbocycles. The molecule has 2 amide bonds. The van der Waals surface area contributed by atoms with Crippen LogP contribution in [0.1, 0.15) is 45.1 Å². The van der Waals surface area contributed by atoms with Gasteiger partial charge in [-0.05, 0) is 43.2 Å². The summed E-state index contributed by atoms with van der Waals surface area (Å²) in [4.78, 5) is 32.2. The molecule has 0 aromatic heterocycles. The van der Waals surface area contributed by atoms with Crippen molar-refractivity contribution in [2.75, 3.05) is 39.3 Å². The zero-order valence-electron chi connectivity index (χ0n) is 18.0. The van der Waals surface area contributed by atoms with Gasteiger partial charge in [-0.25, -0.2) is 0 Å². The molecule has 3 aliphatic rings. The second kappa shape index (κ2) is 8.57. The van der Waals surface area contributed by atoms with Crippen molar-refractivity contribution in [3.05, 3.63) is 35.9 Å². The quantitative estimate of drug-likeness (QED) is 0.524. The number of hydrogen-bond donors (Lipinski definition) is 0. The highest BCUT2D eigenvalue weighted by atomic mass is 16.2. The van der Waals surface area contributed by atoms with E-state index in [1.807, 2.05) is 0 Å².